The molecule has 2 rings (SSSR count). The SMILES string of the molecule is CC[C@H](NC(=O)[C@H](C)N(c1cccc(F)c1)S(C)(=O)=O)c1ccc(OC)c(C)c1. The Morgan fingerprint density at radius 2 is 1.93 bits per heavy atom. The van der Waals surface area contributed by atoms with Crippen LogP contribution >= 0.6 is 0 Å². The van der Waals surface area contributed by atoms with Crippen molar-refractivity contribution in [1.82, 2.24) is 5.32 Å². The molecule has 0 radical (unpaired) electrons. The number of nitrogens with one attached hydrogen (secondary N) is 1. The summed E-state index contributed by atoms with van der Waals surface area (Å²) in [4.78, 5) is 12.9. The van der Waals surface area contributed by atoms with Gasteiger partial charge in [-0.3, -0.25) is 9.10 Å². The van der Waals surface area contributed by atoms with Crippen LogP contribution < -0.4 is 14.4 Å². The molecule has 0 aliphatic rings. The number of anilines is 1. The largest absolute Gasteiger partial charge is 0.496 e. The summed E-state index contributed by atoms with van der Waals surface area (Å²) in [7, 11) is -2.22. The zero-order chi connectivity index (χ0) is 21.8. The molecule has 0 unspecified atom stereocenters. The Morgan fingerprint density at radius 1 is 1.24 bits per heavy atom. The van der Waals surface area contributed by atoms with Crippen molar-refractivity contribution in [3.8, 4) is 5.75 Å². The van der Waals surface area contributed by atoms with Crippen molar-refractivity contribution in [2.45, 2.75) is 39.3 Å². The summed E-state index contributed by atoms with van der Waals surface area (Å²) in [5, 5.41) is 2.90. The lowest BCUT2D eigenvalue weighted by molar-refractivity contribution is -0.122. The second-order valence-electron chi connectivity index (χ2n) is 6.91. The quantitative estimate of drug-likeness (QED) is 0.706. The first-order chi connectivity index (χ1) is 13.6. The fraction of sp³-hybridized carbons (Fsp3) is 0.381. The van der Waals surface area contributed by atoms with E-state index >= 15 is 0 Å². The molecule has 0 saturated carbocycles. The van der Waals surface area contributed by atoms with E-state index in [9.17, 15) is 17.6 Å². The molecule has 158 valence electrons. The van der Waals surface area contributed by atoms with Gasteiger partial charge >= 0.3 is 0 Å². The number of hydrogen-bond acceptors (Lipinski definition) is 4. The third-order valence-corrected chi connectivity index (χ3v) is 5.94. The molecular formula is C21H27FN2O4S. The minimum atomic E-state index is -3.81. The van der Waals surface area contributed by atoms with E-state index in [1.165, 1.54) is 25.1 Å². The summed E-state index contributed by atoms with van der Waals surface area (Å²) < 4.78 is 44.5. The summed E-state index contributed by atoms with van der Waals surface area (Å²) >= 11 is 0. The van der Waals surface area contributed by atoms with E-state index in [-0.39, 0.29) is 11.7 Å². The van der Waals surface area contributed by atoms with Gasteiger partial charge in [0.15, 0.2) is 0 Å². The second-order valence-corrected chi connectivity index (χ2v) is 8.77. The average Bonchev–Trinajstić information content (AvgIpc) is 2.64. The number of amides is 1. The number of methoxy groups -OCH3 is 1. The van der Waals surface area contributed by atoms with Crippen molar-refractivity contribution >= 4 is 21.6 Å². The molecule has 0 aromatic heterocycles. The number of halogens is 1. The zero-order valence-electron chi connectivity index (χ0n) is 17.3. The molecule has 2 aromatic carbocycles. The molecule has 8 heteroatoms. The van der Waals surface area contributed by atoms with Crippen LogP contribution in [0.5, 0.6) is 5.75 Å². The zero-order valence-corrected chi connectivity index (χ0v) is 18.1. The fourth-order valence-electron chi connectivity index (χ4n) is 3.25. The molecule has 0 aliphatic heterocycles. The van der Waals surface area contributed by atoms with Gasteiger partial charge < -0.3 is 10.1 Å². The van der Waals surface area contributed by atoms with Crippen molar-refractivity contribution < 1.29 is 22.3 Å². The molecule has 1 N–H and O–H groups in total. The molecule has 2 aromatic rings. The van der Waals surface area contributed by atoms with Crippen LogP contribution in [-0.4, -0.2) is 33.7 Å². The number of nitrogens with zero attached hydrogens (tertiary/aromatic N) is 1. The van der Waals surface area contributed by atoms with E-state index in [1.807, 2.05) is 32.0 Å². The Balaban J connectivity index is 2.29. The molecular weight excluding hydrogens is 395 g/mol. The first-order valence-electron chi connectivity index (χ1n) is 9.28. The van der Waals surface area contributed by atoms with Crippen molar-refractivity contribution in [1.29, 1.82) is 0 Å². The number of carbonyl (C=O) groups excluding carboxylic acids is 1. The van der Waals surface area contributed by atoms with Gasteiger partial charge in [0.1, 0.15) is 17.6 Å². The maximum absolute atomic E-state index is 13.6. The lowest BCUT2D eigenvalue weighted by Gasteiger charge is -2.30. The van der Waals surface area contributed by atoms with Gasteiger partial charge in [0, 0.05) is 0 Å². The van der Waals surface area contributed by atoms with Gasteiger partial charge in [-0.25, -0.2) is 12.8 Å². The van der Waals surface area contributed by atoms with Crippen molar-refractivity contribution in [2.75, 3.05) is 17.7 Å². The van der Waals surface area contributed by atoms with Gasteiger partial charge in [-0.1, -0.05) is 25.1 Å². The van der Waals surface area contributed by atoms with Gasteiger partial charge in [0.2, 0.25) is 15.9 Å². The van der Waals surface area contributed by atoms with Crippen LogP contribution in [-0.2, 0) is 14.8 Å². The molecule has 0 bridgehead atoms. The van der Waals surface area contributed by atoms with Gasteiger partial charge in [-0.15, -0.1) is 0 Å². The molecule has 0 heterocycles. The third-order valence-electron chi connectivity index (χ3n) is 4.70. The van der Waals surface area contributed by atoms with Gasteiger partial charge in [0.05, 0.1) is 25.1 Å². The third kappa shape index (κ3) is 5.47. The molecule has 2 atom stereocenters. The van der Waals surface area contributed by atoms with E-state index in [1.54, 1.807) is 7.11 Å². The number of ether oxygens (including phenoxy) is 1. The monoisotopic (exact) mass is 422 g/mol. The highest BCUT2D eigenvalue weighted by Crippen LogP contribution is 2.26. The standard InChI is InChI=1S/C21H27FN2O4S/c1-6-19(16-10-11-20(28-4)14(2)12-16)23-21(25)15(3)24(29(5,26)27)18-9-7-8-17(22)13-18/h7-13,15,19H,6H2,1-5H3,(H,23,25)/t15-,19-/m0/s1. The summed E-state index contributed by atoms with van der Waals surface area (Å²) in [5.74, 6) is -0.304. The lowest BCUT2D eigenvalue weighted by Crippen LogP contribution is -2.48. The number of hydrogen-bond donors (Lipinski definition) is 1. The van der Waals surface area contributed by atoms with Gasteiger partial charge in [-0.05, 0) is 55.7 Å². The van der Waals surface area contributed by atoms with Crippen molar-refractivity contribution in [3.05, 3.63) is 59.4 Å². The van der Waals surface area contributed by atoms with Crippen LogP contribution in [0, 0.1) is 12.7 Å². The summed E-state index contributed by atoms with van der Waals surface area (Å²) in [6, 6.07) is 9.44. The summed E-state index contributed by atoms with van der Waals surface area (Å²) in [6.45, 7) is 5.32. The van der Waals surface area contributed by atoms with Crippen LogP contribution in [0.15, 0.2) is 42.5 Å². The predicted molar refractivity (Wildman–Crippen MR) is 112 cm³/mol. The number of benzene rings is 2. The molecule has 0 fully saturated rings. The summed E-state index contributed by atoms with van der Waals surface area (Å²) in [5.41, 5.74) is 1.93. The van der Waals surface area contributed by atoms with Gasteiger partial charge in [-0.2, -0.15) is 0 Å². The minimum Gasteiger partial charge on any atom is -0.496 e. The Labute approximate surface area is 171 Å². The van der Waals surface area contributed by atoms with E-state index in [4.69, 9.17) is 4.74 Å². The fourth-order valence-corrected chi connectivity index (χ4v) is 4.42. The molecule has 1 amide bonds. The second kappa shape index (κ2) is 9.26. The number of rotatable bonds is 8. The highest BCUT2D eigenvalue weighted by molar-refractivity contribution is 7.92. The molecule has 6 nitrogen and oxygen atoms in total. The highest BCUT2D eigenvalue weighted by atomic mass is 32.2. The maximum atomic E-state index is 13.6. The number of carbonyl (C=O) groups is 1. The molecule has 0 aliphatic carbocycles. The minimum absolute atomic E-state index is 0.100. The van der Waals surface area contributed by atoms with Crippen LogP contribution in [0.3, 0.4) is 0 Å². The molecule has 29 heavy (non-hydrogen) atoms. The van der Waals surface area contributed by atoms with Crippen molar-refractivity contribution in [2.24, 2.45) is 0 Å². The van der Waals surface area contributed by atoms with E-state index < -0.39 is 27.8 Å². The number of sulfonamides is 1. The van der Waals surface area contributed by atoms with Crippen LogP contribution in [0.2, 0.25) is 0 Å². The summed E-state index contributed by atoms with van der Waals surface area (Å²) in [6.07, 6.45) is 1.61. The average molecular weight is 423 g/mol. The maximum Gasteiger partial charge on any atom is 0.244 e. The van der Waals surface area contributed by atoms with Crippen LogP contribution in [0.4, 0.5) is 10.1 Å². The van der Waals surface area contributed by atoms with Crippen molar-refractivity contribution in [3.63, 3.8) is 0 Å². The van der Waals surface area contributed by atoms with Gasteiger partial charge in [0.25, 0.3) is 0 Å². The molecule has 0 spiro atoms. The van der Waals surface area contributed by atoms with E-state index in [2.05, 4.69) is 5.32 Å². The topological polar surface area (TPSA) is 75.7 Å². The first kappa shape index (κ1) is 22.7. The Hall–Kier alpha value is -2.61. The van der Waals surface area contributed by atoms with E-state index in [0.717, 1.165) is 33.5 Å². The normalized spacial score (nSPS) is 13.4. The highest BCUT2D eigenvalue weighted by Gasteiger charge is 2.30. The Kier molecular flexibility index (Phi) is 7.24. The van der Waals surface area contributed by atoms with E-state index in [0.29, 0.717) is 6.42 Å². The smallest absolute Gasteiger partial charge is 0.244 e. The molecule has 0 saturated heterocycles. The Morgan fingerprint density at radius 3 is 2.45 bits per heavy atom. The van der Waals surface area contributed by atoms with Crippen LogP contribution in [0.1, 0.15) is 37.4 Å². The number of aryl methyl sites for hydroxylation is 1. The lowest BCUT2D eigenvalue weighted by atomic mass is 10.0. The first-order valence-corrected chi connectivity index (χ1v) is 11.1. The van der Waals surface area contributed by atoms with Crippen LogP contribution in [0.25, 0.3) is 0 Å². The Bertz CT molecular complexity index is 978. The predicted octanol–water partition coefficient (Wildman–Crippen LogP) is 3.56.